The van der Waals surface area contributed by atoms with Crippen molar-refractivity contribution in [2.75, 3.05) is 13.2 Å². The monoisotopic (exact) mass is 347 g/mol. The number of esters is 1. The third-order valence-electron chi connectivity index (χ3n) is 5.65. The molecule has 1 atom stereocenters. The summed E-state index contributed by atoms with van der Waals surface area (Å²) in [5.74, 6) is -1.43. The summed E-state index contributed by atoms with van der Waals surface area (Å²) in [6.45, 7) is 0.00245. The molecule has 0 spiro atoms. The van der Waals surface area contributed by atoms with Crippen LogP contribution in [0.5, 0.6) is 0 Å². The second-order valence-corrected chi connectivity index (χ2v) is 7.44. The van der Waals surface area contributed by atoms with E-state index in [9.17, 15) is 19.6 Å². The third-order valence-corrected chi connectivity index (χ3v) is 5.65. The van der Waals surface area contributed by atoms with Gasteiger partial charge in [-0.1, -0.05) is 12.8 Å². The highest BCUT2D eigenvalue weighted by molar-refractivity contribution is 5.88. The minimum Gasteiger partial charge on any atom is -0.455 e. The number of nitrogens with zero attached hydrogens (tertiary/aromatic N) is 2. The quantitative estimate of drug-likeness (QED) is 0.755. The number of rotatable bonds is 5. The van der Waals surface area contributed by atoms with E-state index in [1.165, 1.54) is 0 Å². The second-order valence-electron chi connectivity index (χ2n) is 7.44. The van der Waals surface area contributed by atoms with Crippen LogP contribution in [0.3, 0.4) is 0 Å². The number of ether oxygens (including phenoxy) is 1. The highest BCUT2D eigenvalue weighted by Crippen LogP contribution is 2.30. The topological polar surface area (TPSA) is 99.5 Å². The molecule has 0 aromatic heterocycles. The van der Waals surface area contributed by atoms with Gasteiger partial charge < -0.3 is 15.0 Å². The number of hydrogen-bond donors (Lipinski definition) is 1. The molecular weight excluding hydrogens is 322 g/mol. The molecule has 3 aliphatic rings. The lowest BCUT2D eigenvalue weighted by atomic mass is 10.00. The second kappa shape index (κ2) is 7.42. The lowest BCUT2D eigenvalue weighted by molar-refractivity contribution is -0.152. The van der Waals surface area contributed by atoms with Crippen LogP contribution in [0.4, 0.5) is 0 Å². The molecule has 2 aliphatic carbocycles. The summed E-state index contributed by atoms with van der Waals surface area (Å²) in [4.78, 5) is 38.1. The van der Waals surface area contributed by atoms with E-state index in [1.807, 2.05) is 4.90 Å². The number of nitriles is 1. The number of carbonyl (C=O) groups is 3. The van der Waals surface area contributed by atoms with Gasteiger partial charge in [0.2, 0.25) is 5.91 Å². The minimum atomic E-state index is -0.813. The van der Waals surface area contributed by atoms with Crippen LogP contribution in [0.1, 0.15) is 57.8 Å². The molecule has 3 rings (SSSR count). The first-order valence-electron chi connectivity index (χ1n) is 9.21. The van der Waals surface area contributed by atoms with Crippen molar-refractivity contribution in [3.63, 3.8) is 0 Å². The molecule has 0 aromatic carbocycles. The molecule has 1 aliphatic heterocycles. The number of nitrogens with one attached hydrogen (secondary N) is 1. The van der Waals surface area contributed by atoms with Gasteiger partial charge in [0.25, 0.3) is 5.91 Å². The molecule has 0 aromatic rings. The maximum atomic E-state index is 12.2. The smallest absolute Gasteiger partial charge is 0.311 e. The summed E-state index contributed by atoms with van der Waals surface area (Å²) < 4.78 is 5.11. The minimum absolute atomic E-state index is 0.00712. The van der Waals surface area contributed by atoms with Crippen LogP contribution in [-0.2, 0) is 19.1 Å². The lowest BCUT2D eigenvalue weighted by Gasteiger charge is -2.24. The fraction of sp³-hybridized carbons (Fsp3) is 0.778. The average Bonchev–Trinajstić information content (AvgIpc) is 3.33. The Balaban J connectivity index is 1.45. The van der Waals surface area contributed by atoms with Crippen LogP contribution in [0.2, 0.25) is 0 Å². The van der Waals surface area contributed by atoms with Gasteiger partial charge in [-0.2, -0.15) is 5.26 Å². The molecule has 7 nitrogen and oxygen atoms in total. The van der Waals surface area contributed by atoms with Crippen LogP contribution in [-0.4, -0.2) is 47.4 Å². The average molecular weight is 347 g/mol. The van der Waals surface area contributed by atoms with Crippen molar-refractivity contribution in [1.29, 1.82) is 5.26 Å². The van der Waals surface area contributed by atoms with Crippen LogP contribution in [0.25, 0.3) is 0 Å². The van der Waals surface area contributed by atoms with Crippen LogP contribution in [0.15, 0.2) is 0 Å². The van der Waals surface area contributed by atoms with Gasteiger partial charge in [-0.3, -0.25) is 14.4 Å². The molecule has 1 heterocycles. The molecule has 0 unspecified atom stereocenters. The lowest BCUT2D eigenvalue weighted by Crippen LogP contribution is -2.47. The Kier molecular flexibility index (Phi) is 5.26. The van der Waals surface area contributed by atoms with Gasteiger partial charge in [0.1, 0.15) is 5.54 Å². The van der Waals surface area contributed by atoms with E-state index in [1.54, 1.807) is 0 Å². The van der Waals surface area contributed by atoms with Crippen molar-refractivity contribution in [2.45, 2.75) is 69.4 Å². The van der Waals surface area contributed by atoms with Crippen molar-refractivity contribution in [1.82, 2.24) is 10.2 Å². The van der Waals surface area contributed by atoms with E-state index in [-0.39, 0.29) is 18.4 Å². The van der Waals surface area contributed by atoms with Gasteiger partial charge in [0, 0.05) is 19.0 Å². The summed E-state index contributed by atoms with van der Waals surface area (Å²) in [5, 5.41) is 12.0. The highest BCUT2D eigenvalue weighted by Gasteiger charge is 2.40. The van der Waals surface area contributed by atoms with E-state index in [2.05, 4.69) is 11.4 Å². The molecule has 2 amide bonds. The van der Waals surface area contributed by atoms with Crippen molar-refractivity contribution in [2.24, 2.45) is 5.92 Å². The van der Waals surface area contributed by atoms with Gasteiger partial charge in [-0.25, -0.2) is 0 Å². The number of hydrogen-bond acceptors (Lipinski definition) is 5. The molecule has 1 N–H and O–H groups in total. The first kappa shape index (κ1) is 17.7. The molecule has 0 radical (unpaired) electrons. The zero-order valence-electron chi connectivity index (χ0n) is 14.5. The van der Waals surface area contributed by atoms with Crippen molar-refractivity contribution in [3.8, 4) is 6.07 Å². The zero-order valence-corrected chi connectivity index (χ0v) is 14.5. The van der Waals surface area contributed by atoms with Crippen LogP contribution in [0, 0.1) is 17.2 Å². The standard InChI is InChI=1S/C18H25N3O4/c19-12-18(7-3-4-8-18)20-15(22)11-25-17(24)13-9-16(23)21(10-13)14-5-1-2-6-14/h13-14H,1-11H2,(H,20,22)/t13-/m0/s1. The SMILES string of the molecule is N#CC1(NC(=O)COC(=O)[C@H]2CC(=O)N(C3CCCC3)C2)CCCC1. The van der Waals surface area contributed by atoms with Gasteiger partial charge in [-0.15, -0.1) is 0 Å². The Morgan fingerprint density at radius 3 is 2.56 bits per heavy atom. The molecular formula is C18H25N3O4. The predicted molar refractivity (Wildman–Crippen MR) is 88.0 cm³/mol. The number of likely N-dealkylation sites (tertiary alicyclic amines) is 1. The largest absolute Gasteiger partial charge is 0.455 e. The van der Waals surface area contributed by atoms with Crippen molar-refractivity contribution in [3.05, 3.63) is 0 Å². The third kappa shape index (κ3) is 3.94. The van der Waals surface area contributed by atoms with E-state index in [0.717, 1.165) is 38.5 Å². The molecule has 0 bridgehead atoms. The maximum Gasteiger partial charge on any atom is 0.311 e. The first-order valence-corrected chi connectivity index (χ1v) is 9.21. The fourth-order valence-corrected chi connectivity index (χ4v) is 4.26. The summed E-state index contributed by atoms with van der Waals surface area (Å²) in [6, 6.07) is 2.43. The Labute approximate surface area is 147 Å². The first-order chi connectivity index (χ1) is 12.0. The zero-order chi connectivity index (χ0) is 17.9. The van der Waals surface area contributed by atoms with E-state index in [4.69, 9.17) is 4.74 Å². The number of carbonyl (C=O) groups excluding carboxylic acids is 3. The van der Waals surface area contributed by atoms with Gasteiger partial charge in [0.15, 0.2) is 6.61 Å². The van der Waals surface area contributed by atoms with Crippen LogP contribution >= 0.6 is 0 Å². The Morgan fingerprint density at radius 1 is 1.24 bits per heavy atom. The van der Waals surface area contributed by atoms with Gasteiger partial charge in [0.05, 0.1) is 12.0 Å². The Morgan fingerprint density at radius 2 is 1.92 bits per heavy atom. The number of amides is 2. The van der Waals surface area contributed by atoms with Crippen LogP contribution < -0.4 is 5.32 Å². The Bertz CT molecular complexity index is 586. The van der Waals surface area contributed by atoms with E-state index >= 15 is 0 Å². The molecule has 1 saturated heterocycles. The molecule has 3 fully saturated rings. The molecule has 25 heavy (non-hydrogen) atoms. The van der Waals surface area contributed by atoms with Crippen molar-refractivity contribution < 1.29 is 19.1 Å². The van der Waals surface area contributed by atoms with Gasteiger partial charge >= 0.3 is 5.97 Å². The summed E-state index contributed by atoms with van der Waals surface area (Å²) in [7, 11) is 0. The summed E-state index contributed by atoms with van der Waals surface area (Å²) in [5.41, 5.74) is -0.813. The summed E-state index contributed by atoms with van der Waals surface area (Å²) >= 11 is 0. The molecule has 136 valence electrons. The molecule has 7 heteroatoms. The highest BCUT2D eigenvalue weighted by atomic mass is 16.5. The van der Waals surface area contributed by atoms with E-state index < -0.39 is 29.9 Å². The van der Waals surface area contributed by atoms with Crippen molar-refractivity contribution >= 4 is 17.8 Å². The van der Waals surface area contributed by atoms with Gasteiger partial charge in [-0.05, 0) is 38.5 Å². The predicted octanol–water partition coefficient (Wildman–Crippen LogP) is 1.27. The Hall–Kier alpha value is -2.10. The normalized spacial score (nSPS) is 25.8. The summed E-state index contributed by atoms with van der Waals surface area (Å²) in [6.07, 6.45) is 7.53. The van der Waals surface area contributed by atoms with E-state index in [0.29, 0.717) is 19.4 Å². The maximum absolute atomic E-state index is 12.2. The molecule has 2 saturated carbocycles. The fourth-order valence-electron chi connectivity index (χ4n) is 4.26.